The van der Waals surface area contributed by atoms with Crippen LogP contribution in [0.15, 0.2) is 58.9 Å². The van der Waals surface area contributed by atoms with E-state index < -0.39 is 0 Å². The minimum atomic E-state index is -0.0419. The molecule has 0 bridgehead atoms. The maximum atomic E-state index is 9.14. The highest BCUT2D eigenvalue weighted by Crippen LogP contribution is 2.19. The van der Waals surface area contributed by atoms with Crippen molar-refractivity contribution < 1.29 is 5.11 Å². The van der Waals surface area contributed by atoms with E-state index in [1.165, 1.54) is 5.56 Å². The van der Waals surface area contributed by atoms with Crippen molar-refractivity contribution in [3.05, 3.63) is 59.7 Å². The van der Waals surface area contributed by atoms with Crippen LogP contribution in [0.1, 0.15) is 11.1 Å². The van der Waals surface area contributed by atoms with Gasteiger partial charge in [0.15, 0.2) is 0 Å². The van der Waals surface area contributed by atoms with Gasteiger partial charge in [-0.1, -0.05) is 41.1 Å². The first-order valence-electron chi connectivity index (χ1n) is 5.72. The third-order valence-corrected chi connectivity index (χ3v) is 2.55. The molecule has 4 nitrogen and oxygen atoms in total. The summed E-state index contributed by atoms with van der Waals surface area (Å²) in [4.78, 5) is 0. The fourth-order valence-electron chi connectivity index (χ4n) is 1.51. The molecule has 0 aliphatic carbocycles. The van der Waals surface area contributed by atoms with Crippen LogP contribution in [-0.2, 0) is 6.61 Å². The minimum Gasteiger partial charge on any atom is -0.392 e. The summed E-state index contributed by atoms with van der Waals surface area (Å²) in [7, 11) is 0. The molecular weight excluding hydrogens is 226 g/mol. The highest BCUT2D eigenvalue weighted by Gasteiger charge is 1.97. The number of benzene rings is 2. The Balaban J connectivity index is 2.05. The monoisotopic (exact) mass is 241 g/mol. The van der Waals surface area contributed by atoms with E-state index in [1.807, 2.05) is 55.5 Å². The summed E-state index contributed by atoms with van der Waals surface area (Å²) in [6.07, 6.45) is 0. The first-order chi connectivity index (χ1) is 8.79. The highest BCUT2D eigenvalue weighted by atomic mass is 16.3. The topological polar surface area (TPSA) is 57.0 Å². The third kappa shape index (κ3) is 3.15. The smallest absolute Gasteiger partial charge is 0.0929 e. The lowest BCUT2D eigenvalue weighted by atomic mass is 10.2. The van der Waals surface area contributed by atoms with Gasteiger partial charge in [0.1, 0.15) is 0 Å². The fraction of sp³-hybridized carbons (Fsp3) is 0.143. The Bertz CT molecular complexity index is 535. The van der Waals surface area contributed by atoms with E-state index in [9.17, 15) is 0 Å². The van der Waals surface area contributed by atoms with E-state index in [2.05, 4.69) is 15.8 Å². The molecule has 0 saturated carbocycles. The lowest BCUT2D eigenvalue weighted by molar-refractivity contribution is 0.282. The number of aliphatic hydroxyl groups excluding tert-OH is 1. The minimum absolute atomic E-state index is 0.0419. The van der Waals surface area contributed by atoms with Crippen molar-refractivity contribution in [2.45, 2.75) is 13.5 Å². The van der Waals surface area contributed by atoms with Crippen molar-refractivity contribution in [1.82, 2.24) is 0 Å². The summed E-state index contributed by atoms with van der Waals surface area (Å²) < 4.78 is 0. The third-order valence-electron chi connectivity index (χ3n) is 2.55. The van der Waals surface area contributed by atoms with Crippen molar-refractivity contribution in [2.75, 3.05) is 5.43 Å². The van der Waals surface area contributed by atoms with Crippen LogP contribution in [0, 0.1) is 6.92 Å². The molecule has 18 heavy (non-hydrogen) atoms. The van der Waals surface area contributed by atoms with Gasteiger partial charge in [-0.2, -0.15) is 0 Å². The predicted octanol–water partition coefficient (Wildman–Crippen LogP) is 3.60. The summed E-state index contributed by atoms with van der Waals surface area (Å²) >= 11 is 0. The lowest BCUT2D eigenvalue weighted by Crippen LogP contribution is -1.87. The van der Waals surface area contributed by atoms with E-state index in [-0.39, 0.29) is 6.61 Å². The highest BCUT2D eigenvalue weighted by molar-refractivity contribution is 5.46. The Hall–Kier alpha value is -2.20. The van der Waals surface area contributed by atoms with Crippen molar-refractivity contribution in [1.29, 1.82) is 0 Å². The average molecular weight is 241 g/mol. The number of aryl methyl sites for hydroxylation is 1. The standard InChI is InChI=1S/C14H15N3O/c1-11-6-8-13(9-7-11)15-17-16-14-5-3-2-4-12(14)10-18/h2-9,18H,10H2,1H3,(H,15,16). The Labute approximate surface area is 106 Å². The molecule has 0 atom stereocenters. The molecule has 2 aromatic rings. The number of hydrogen-bond donors (Lipinski definition) is 2. The molecule has 92 valence electrons. The maximum Gasteiger partial charge on any atom is 0.0929 e. The zero-order valence-electron chi connectivity index (χ0n) is 10.2. The van der Waals surface area contributed by atoms with Crippen LogP contribution in [0.3, 0.4) is 0 Å². The molecule has 0 amide bonds. The van der Waals surface area contributed by atoms with E-state index in [0.29, 0.717) is 5.69 Å². The normalized spacial score (nSPS) is 10.8. The first kappa shape index (κ1) is 12.3. The SMILES string of the molecule is Cc1ccc(NN=Nc2ccccc2CO)cc1. The summed E-state index contributed by atoms with van der Waals surface area (Å²) in [5.41, 5.74) is 6.35. The second-order valence-corrected chi connectivity index (χ2v) is 3.96. The maximum absolute atomic E-state index is 9.14. The Morgan fingerprint density at radius 2 is 1.78 bits per heavy atom. The van der Waals surface area contributed by atoms with Crippen molar-refractivity contribution in [2.24, 2.45) is 10.3 Å². The molecule has 0 radical (unpaired) electrons. The summed E-state index contributed by atoms with van der Waals surface area (Å²) in [6, 6.07) is 15.2. The molecule has 0 aromatic heterocycles. The van der Waals surface area contributed by atoms with Crippen molar-refractivity contribution in [3.63, 3.8) is 0 Å². The number of anilines is 1. The summed E-state index contributed by atoms with van der Waals surface area (Å²) in [6.45, 7) is 1.99. The molecule has 0 unspecified atom stereocenters. The van der Waals surface area contributed by atoms with Crippen LogP contribution < -0.4 is 5.43 Å². The summed E-state index contributed by atoms with van der Waals surface area (Å²) in [5.74, 6) is 0. The zero-order chi connectivity index (χ0) is 12.8. The largest absolute Gasteiger partial charge is 0.392 e. The second-order valence-electron chi connectivity index (χ2n) is 3.96. The average Bonchev–Trinajstić information content (AvgIpc) is 2.41. The molecule has 0 saturated heterocycles. The van der Waals surface area contributed by atoms with Gasteiger partial charge in [0.25, 0.3) is 0 Å². The number of nitrogens with zero attached hydrogens (tertiary/aromatic N) is 2. The van der Waals surface area contributed by atoms with Crippen molar-refractivity contribution >= 4 is 11.4 Å². The zero-order valence-corrected chi connectivity index (χ0v) is 10.2. The Morgan fingerprint density at radius 1 is 1.06 bits per heavy atom. The Kier molecular flexibility index (Phi) is 4.04. The van der Waals surface area contributed by atoms with Gasteiger partial charge in [0, 0.05) is 5.56 Å². The van der Waals surface area contributed by atoms with Gasteiger partial charge in [-0.05, 0) is 25.1 Å². The van der Waals surface area contributed by atoms with Crippen LogP contribution in [0.25, 0.3) is 0 Å². The van der Waals surface area contributed by atoms with Gasteiger partial charge in [-0.3, -0.25) is 5.43 Å². The van der Waals surface area contributed by atoms with E-state index >= 15 is 0 Å². The molecule has 4 heteroatoms. The molecule has 0 aliphatic heterocycles. The number of rotatable bonds is 4. The molecular formula is C14H15N3O. The Morgan fingerprint density at radius 3 is 2.50 bits per heavy atom. The van der Waals surface area contributed by atoms with E-state index in [4.69, 9.17) is 5.11 Å². The van der Waals surface area contributed by atoms with E-state index in [1.54, 1.807) is 0 Å². The summed E-state index contributed by atoms with van der Waals surface area (Å²) in [5, 5.41) is 17.1. The lowest BCUT2D eigenvalue weighted by Gasteiger charge is -2.01. The first-order valence-corrected chi connectivity index (χ1v) is 5.72. The quantitative estimate of drug-likeness (QED) is 0.634. The predicted molar refractivity (Wildman–Crippen MR) is 71.7 cm³/mol. The molecule has 0 fully saturated rings. The number of nitrogens with one attached hydrogen (secondary N) is 1. The second kappa shape index (κ2) is 5.93. The van der Waals surface area contributed by atoms with E-state index in [0.717, 1.165) is 11.3 Å². The van der Waals surface area contributed by atoms with Gasteiger partial charge in [-0.15, -0.1) is 5.11 Å². The van der Waals surface area contributed by atoms with Crippen LogP contribution in [0.2, 0.25) is 0 Å². The van der Waals surface area contributed by atoms with Crippen LogP contribution in [0.4, 0.5) is 11.4 Å². The fourth-order valence-corrected chi connectivity index (χ4v) is 1.51. The molecule has 2 aromatic carbocycles. The van der Waals surface area contributed by atoms with Gasteiger partial charge >= 0.3 is 0 Å². The van der Waals surface area contributed by atoms with Gasteiger partial charge in [0.05, 0.1) is 18.0 Å². The van der Waals surface area contributed by atoms with Gasteiger partial charge in [0.2, 0.25) is 0 Å². The number of aliphatic hydroxyl groups is 1. The molecule has 2 rings (SSSR count). The van der Waals surface area contributed by atoms with Crippen LogP contribution in [-0.4, -0.2) is 5.11 Å². The molecule has 0 heterocycles. The molecule has 0 spiro atoms. The van der Waals surface area contributed by atoms with Gasteiger partial charge < -0.3 is 5.11 Å². The van der Waals surface area contributed by atoms with Crippen molar-refractivity contribution in [3.8, 4) is 0 Å². The van der Waals surface area contributed by atoms with Crippen LogP contribution >= 0.6 is 0 Å². The van der Waals surface area contributed by atoms with Crippen LogP contribution in [0.5, 0.6) is 0 Å². The molecule has 2 N–H and O–H groups in total. The number of hydrogen-bond acceptors (Lipinski definition) is 3. The molecule has 0 aliphatic rings. The van der Waals surface area contributed by atoms with Gasteiger partial charge in [-0.25, -0.2) is 0 Å².